The van der Waals surface area contributed by atoms with Crippen LogP contribution in [-0.2, 0) is 9.53 Å². The molecule has 2 aliphatic rings. The quantitative estimate of drug-likeness (QED) is 0.463. The lowest BCUT2D eigenvalue weighted by Gasteiger charge is -2.18. The second-order valence-corrected chi connectivity index (χ2v) is 7.93. The molecular formula is C19H16BNO3S2. The molecule has 2 saturated heterocycles. The number of ether oxygens (including phenoxy) is 1. The lowest BCUT2D eigenvalue weighted by Crippen LogP contribution is -2.35. The summed E-state index contributed by atoms with van der Waals surface area (Å²) in [7, 11) is 5.71. The molecule has 1 atom stereocenters. The van der Waals surface area contributed by atoms with Gasteiger partial charge in [0, 0.05) is 18.2 Å². The maximum absolute atomic E-state index is 12.7. The van der Waals surface area contributed by atoms with E-state index in [2.05, 4.69) is 0 Å². The van der Waals surface area contributed by atoms with Crippen molar-refractivity contribution >= 4 is 53.6 Å². The summed E-state index contributed by atoms with van der Waals surface area (Å²) in [5, 5.41) is 0. The Balaban J connectivity index is 1.50. The molecule has 2 aromatic rings. The van der Waals surface area contributed by atoms with Gasteiger partial charge in [-0.3, -0.25) is 9.69 Å². The van der Waals surface area contributed by atoms with Crippen LogP contribution < -0.4 is 5.46 Å². The van der Waals surface area contributed by atoms with Crippen molar-refractivity contribution < 1.29 is 13.9 Å². The monoisotopic (exact) mass is 381 g/mol. The minimum Gasteiger partial charge on any atom is -0.457 e. The largest absolute Gasteiger partial charge is 0.457 e. The van der Waals surface area contributed by atoms with E-state index in [0.717, 1.165) is 30.8 Å². The van der Waals surface area contributed by atoms with Crippen molar-refractivity contribution in [1.82, 2.24) is 4.90 Å². The van der Waals surface area contributed by atoms with E-state index in [1.54, 1.807) is 11.0 Å². The standard InChI is InChI=1S/C19H16BNO3S2/c20-13-5-3-12(4-6-13)16-8-7-14(24-16)10-17-18(22)21(19(25)26-17)11-15-2-1-9-23-15/h3-8,10,15H,1-2,9,11H2/b17-10+. The third-order valence-corrected chi connectivity index (χ3v) is 5.76. The molecule has 0 spiro atoms. The predicted molar refractivity (Wildman–Crippen MR) is 108 cm³/mol. The Labute approximate surface area is 163 Å². The first-order valence-corrected chi connectivity index (χ1v) is 9.65. The van der Waals surface area contributed by atoms with Gasteiger partial charge in [-0.05, 0) is 25.0 Å². The number of furan rings is 1. The van der Waals surface area contributed by atoms with E-state index in [4.69, 9.17) is 29.2 Å². The van der Waals surface area contributed by atoms with Crippen molar-refractivity contribution in [2.24, 2.45) is 0 Å². The first kappa shape index (κ1) is 17.6. The van der Waals surface area contributed by atoms with Crippen molar-refractivity contribution in [2.45, 2.75) is 18.9 Å². The summed E-state index contributed by atoms with van der Waals surface area (Å²) in [6, 6.07) is 11.2. The number of carbonyl (C=O) groups excluding carboxylic acids is 1. The zero-order valence-corrected chi connectivity index (χ0v) is 15.6. The molecule has 7 heteroatoms. The summed E-state index contributed by atoms with van der Waals surface area (Å²) in [5.74, 6) is 1.27. The number of hydrogen-bond donors (Lipinski definition) is 0. The Morgan fingerprint density at radius 1 is 1.27 bits per heavy atom. The highest BCUT2D eigenvalue weighted by Crippen LogP contribution is 2.34. The number of hydrogen-bond acceptors (Lipinski definition) is 5. The second-order valence-electron chi connectivity index (χ2n) is 6.25. The van der Waals surface area contributed by atoms with E-state index in [9.17, 15) is 4.79 Å². The van der Waals surface area contributed by atoms with Gasteiger partial charge < -0.3 is 9.15 Å². The smallest absolute Gasteiger partial charge is 0.266 e. The van der Waals surface area contributed by atoms with Gasteiger partial charge in [-0.1, -0.05) is 53.7 Å². The molecular weight excluding hydrogens is 365 g/mol. The van der Waals surface area contributed by atoms with Crippen molar-refractivity contribution in [3.63, 3.8) is 0 Å². The van der Waals surface area contributed by atoms with Crippen LogP contribution >= 0.6 is 24.0 Å². The van der Waals surface area contributed by atoms with Gasteiger partial charge >= 0.3 is 0 Å². The molecule has 1 amide bonds. The molecule has 0 saturated carbocycles. The average molecular weight is 381 g/mol. The summed E-state index contributed by atoms with van der Waals surface area (Å²) in [5.41, 5.74) is 1.64. The average Bonchev–Trinajstić information content (AvgIpc) is 3.35. The Kier molecular flexibility index (Phi) is 5.02. The molecule has 2 aliphatic heterocycles. The van der Waals surface area contributed by atoms with Gasteiger partial charge in [0.2, 0.25) is 0 Å². The highest BCUT2D eigenvalue weighted by atomic mass is 32.2. The van der Waals surface area contributed by atoms with Crippen LogP contribution in [0.15, 0.2) is 45.7 Å². The van der Waals surface area contributed by atoms with E-state index in [1.807, 2.05) is 36.4 Å². The molecule has 2 fully saturated rings. The predicted octanol–water partition coefficient (Wildman–Crippen LogP) is 3.12. The van der Waals surface area contributed by atoms with Crippen LogP contribution in [0, 0.1) is 0 Å². The van der Waals surface area contributed by atoms with Gasteiger partial charge in [-0.2, -0.15) is 0 Å². The molecule has 3 heterocycles. The lowest BCUT2D eigenvalue weighted by molar-refractivity contribution is -0.123. The second kappa shape index (κ2) is 7.43. The van der Waals surface area contributed by atoms with E-state index in [-0.39, 0.29) is 12.0 Å². The molecule has 4 rings (SSSR count). The number of benzene rings is 1. The van der Waals surface area contributed by atoms with Crippen molar-refractivity contribution in [3.05, 3.63) is 47.1 Å². The van der Waals surface area contributed by atoms with Gasteiger partial charge in [-0.15, -0.1) is 0 Å². The minimum atomic E-state index is -0.0825. The fourth-order valence-electron chi connectivity index (χ4n) is 3.01. The topological polar surface area (TPSA) is 42.7 Å². The molecule has 130 valence electrons. The number of thioether (sulfide) groups is 1. The van der Waals surface area contributed by atoms with E-state index < -0.39 is 0 Å². The molecule has 4 nitrogen and oxygen atoms in total. The summed E-state index contributed by atoms with van der Waals surface area (Å²) >= 11 is 6.67. The number of amides is 1. The molecule has 2 radical (unpaired) electrons. The highest BCUT2D eigenvalue weighted by molar-refractivity contribution is 8.26. The van der Waals surface area contributed by atoms with Crippen LogP contribution in [0.25, 0.3) is 17.4 Å². The third-order valence-electron chi connectivity index (χ3n) is 4.38. The number of carbonyl (C=O) groups is 1. The zero-order chi connectivity index (χ0) is 18.1. The number of nitrogens with zero attached hydrogens (tertiary/aromatic N) is 1. The Bertz CT molecular complexity index is 869. The Hall–Kier alpha value is -1.83. The SMILES string of the molecule is [B]c1ccc(-c2ccc(/C=C3/SC(=S)N(CC4CCCO4)C3=O)o2)cc1. The van der Waals surface area contributed by atoms with Gasteiger partial charge in [0.1, 0.15) is 23.7 Å². The first-order chi connectivity index (χ1) is 12.6. The highest BCUT2D eigenvalue weighted by Gasteiger charge is 2.34. The molecule has 1 unspecified atom stereocenters. The van der Waals surface area contributed by atoms with Crippen LogP contribution in [0.5, 0.6) is 0 Å². The Morgan fingerprint density at radius 3 is 2.81 bits per heavy atom. The van der Waals surface area contributed by atoms with Gasteiger partial charge in [0.15, 0.2) is 0 Å². The van der Waals surface area contributed by atoms with Gasteiger partial charge in [0.25, 0.3) is 5.91 Å². The summed E-state index contributed by atoms with van der Waals surface area (Å²) in [4.78, 5) is 14.9. The van der Waals surface area contributed by atoms with E-state index in [0.29, 0.717) is 27.0 Å². The first-order valence-electron chi connectivity index (χ1n) is 8.43. The summed E-state index contributed by atoms with van der Waals surface area (Å²) in [6.07, 6.45) is 3.84. The maximum Gasteiger partial charge on any atom is 0.266 e. The van der Waals surface area contributed by atoms with E-state index >= 15 is 0 Å². The lowest BCUT2D eigenvalue weighted by atomic mass is 9.95. The molecule has 26 heavy (non-hydrogen) atoms. The van der Waals surface area contributed by atoms with Gasteiger partial charge in [0.05, 0.1) is 17.6 Å². The zero-order valence-electron chi connectivity index (χ0n) is 14.0. The van der Waals surface area contributed by atoms with Crippen LogP contribution in [0.2, 0.25) is 0 Å². The molecule has 0 N–H and O–H groups in total. The summed E-state index contributed by atoms with van der Waals surface area (Å²) < 4.78 is 12.0. The maximum atomic E-state index is 12.7. The fraction of sp³-hybridized carbons (Fsp3) is 0.263. The Morgan fingerprint density at radius 2 is 2.08 bits per heavy atom. The molecule has 0 aliphatic carbocycles. The third kappa shape index (κ3) is 3.65. The van der Waals surface area contributed by atoms with Gasteiger partial charge in [-0.25, -0.2) is 0 Å². The summed E-state index contributed by atoms with van der Waals surface area (Å²) in [6.45, 7) is 1.28. The normalized spacial score (nSPS) is 21.9. The van der Waals surface area contributed by atoms with E-state index in [1.165, 1.54) is 11.8 Å². The molecule has 1 aromatic heterocycles. The van der Waals surface area contributed by atoms with Crippen LogP contribution in [0.3, 0.4) is 0 Å². The number of thiocarbonyl (C=S) groups is 1. The number of rotatable bonds is 4. The van der Waals surface area contributed by atoms with Crippen molar-refractivity contribution in [2.75, 3.05) is 13.2 Å². The van der Waals surface area contributed by atoms with Crippen LogP contribution in [0.4, 0.5) is 0 Å². The fourth-order valence-corrected chi connectivity index (χ4v) is 4.27. The van der Waals surface area contributed by atoms with Crippen LogP contribution in [0.1, 0.15) is 18.6 Å². The minimum absolute atomic E-state index is 0.0811. The van der Waals surface area contributed by atoms with Crippen molar-refractivity contribution in [3.8, 4) is 11.3 Å². The van der Waals surface area contributed by atoms with Crippen molar-refractivity contribution in [1.29, 1.82) is 0 Å². The molecule has 1 aromatic carbocycles. The van der Waals surface area contributed by atoms with Crippen LogP contribution in [-0.4, -0.2) is 42.2 Å². The molecule has 0 bridgehead atoms.